The number of carbonyl (C=O) groups excluding carboxylic acids is 1. The van der Waals surface area contributed by atoms with Crippen LogP contribution in [0, 0.1) is 0 Å². The van der Waals surface area contributed by atoms with Gasteiger partial charge in [-0.25, -0.2) is 4.57 Å². The van der Waals surface area contributed by atoms with Gasteiger partial charge in [-0.2, -0.15) is 0 Å². The first-order chi connectivity index (χ1) is 28.9. The van der Waals surface area contributed by atoms with Crippen molar-refractivity contribution in [3.63, 3.8) is 0 Å². The van der Waals surface area contributed by atoms with Gasteiger partial charge < -0.3 is 20.1 Å². The third-order valence-electron chi connectivity index (χ3n) is 11.8. The van der Waals surface area contributed by atoms with Gasteiger partial charge in [-0.1, -0.05) is 258 Å². The molecule has 2 atom stereocenters. The maximum absolute atomic E-state index is 12.7. The predicted molar refractivity (Wildman–Crippen MR) is 252 cm³/mol. The van der Waals surface area contributed by atoms with Gasteiger partial charge in [-0.3, -0.25) is 13.8 Å². The molecule has 0 saturated heterocycles. The maximum Gasteiger partial charge on any atom is 0.472 e. The summed E-state index contributed by atoms with van der Waals surface area (Å²) < 4.78 is 33.6. The minimum atomic E-state index is -4.27. The van der Waals surface area contributed by atoms with Crippen molar-refractivity contribution in [1.29, 1.82) is 0 Å². The fraction of sp³-hybridized carbons (Fsp3) is 0.980. The summed E-state index contributed by atoms with van der Waals surface area (Å²) in [6.07, 6.45) is 52.8. The normalized spacial score (nSPS) is 13.2. The molecule has 0 aromatic carbocycles. The topological polar surface area (TPSA) is 117 Å². The molecule has 8 nitrogen and oxygen atoms in total. The molecule has 0 aromatic rings. The largest absolute Gasteiger partial charge is 0.472 e. The van der Waals surface area contributed by atoms with Crippen molar-refractivity contribution >= 4 is 13.8 Å². The first kappa shape index (κ1) is 58.5. The summed E-state index contributed by atoms with van der Waals surface area (Å²) >= 11 is 0. The smallest absolute Gasteiger partial charge is 0.457 e. The van der Waals surface area contributed by atoms with Crippen LogP contribution < -0.4 is 5.73 Å². The van der Waals surface area contributed by atoms with Gasteiger partial charge in [0.1, 0.15) is 6.10 Å². The highest BCUT2D eigenvalue weighted by atomic mass is 31.2. The van der Waals surface area contributed by atoms with Crippen molar-refractivity contribution in [2.45, 2.75) is 283 Å². The molecular formula is C50H102NO7P. The highest BCUT2D eigenvalue weighted by Crippen LogP contribution is 2.43. The molecule has 0 heterocycles. The maximum atomic E-state index is 12.7. The number of carbonyl (C=O) groups is 1. The molecule has 0 aromatic heterocycles. The Morgan fingerprint density at radius 1 is 0.441 bits per heavy atom. The lowest BCUT2D eigenvalue weighted by atomic mass is 10.0. The number of phosphoric acid groups is 1. The average Bonchev–Trinajstić information content (AvgIpc) is 3.23. The number of ether oxygens (including phenoxy) is 2. The van der Waals surface area contributed by atoms with E-state index in [0.717, 1.165) is 32.1 Å². The van der Waals surface area contributed by atoms with E-state index in [2.05, 4.69) is 13.8 Å². The van der Waals surface area contributed by atoms with Crippen molar-refractivity contribution in [1.82, 2.24) is 0 Å². The summed E-state index contributed by atoms with van der Waals surface area (Å²) in [5.74, 6) is -0.320. The summed E-state index contributed by atoms with van der Waals surface area (Å²) in [7, 11) is -4.27. The molecular weight excluding hydrogens is 758 g/mol. The number of hydrogen-bond donors (Lipinski definition) is 2. The van der Waals surface area contributed by atoms with Crippen LogP contribution in [0.1, 0.15) is 277 Å². The van der Waals surface area contributed by atoms with E-state index in [0.29, 0.717) is 13.0 Å². The van der Waals surface area contributed by atoms with E-state index in [-0.39, 0.29) is 32.3 Å². The summed E-state index contributed by atoms with van der Waals surface area (Å²) in [6, 6.07) is 0. The van der Waals surface area contributed by atoms with Gasteiger partial charge in [0.25, 0.3) is 0 Å². The predicted octanol–water partition coefficient (Wildman–Crippen LogP) is 16.0. The molecule has 0 fully saturated rings. The average molecular weight is 860 g/mol. The van der Waals surface area contributed by atoms with Crippen molar-refractivity contribution in [3.8, 4) is 0 Å². The van der Waals surface area contributed by atoms with Crippen LogP contribution in [0.15, 0.2) is 0 Å². The Balaban J connectivity index is 3.87. The Morgan fingerprint density at radius 3 is 1.07 bits per heavy atom. The first-order valence-corrected chi connectivity index (χ1v) is 27.5. The van der Waals surface area contributed by atoms with E-state index < -0.39 is 13.9 Å². The number of phosphoric ester groups is 1. The van der Waals surface area contributed by atoms with Crippen LogP contribution >= 0.6 is 7.82 Å². The van der Waals surface area contributed by atoms with Gasteiger partial charge in [0.15, 0.2) is 0 Å². The Hall–Kier alpha value is -0.500. The van der Waals surface area contributed by atoms with E-state index in [4.69, 9.17) is 24.3 Å². The van der Waals surface area contributed by atoms with Gasteiger partial charge in [-0.05, 0) is 12.8 Å². The van der Waals surface area contributed by atoms with Crippen LogP contribution in [0.5, 0.6) is 0 Å². The zero-order valence-corrected chi connectivity index (χ0v) is 40.4. The lowest BCUT2D eigenvalue weighted by molar-refractivity contribution is -0.154. The number of rotatable bonds is 51. The zero-order valence-electron chi connectivity index (χ0n) is 39.5. The van der Waals surface area contributed by atoms with E-state index in [1.54, 1.807) is 0 Å². The third kappa shape index (κ3) is 48.4. The number of esters is 1. The van der Waals surface area contributed by atoms with Gasteiger partial charge in [-0.15, -0.1) is 0 Å². The van der Waals surface area contributed by atoms with E-state index in [1.165, 1.54) is 225 Å². The zero-order chi connectivity index (χ0) is 43.0. The van der Waals surface area contributed by atoms with Crippen molar-refractivity contribution in [2.24, 2.45) is 5.73 Å². The second kappa shape index (κ2) is 48.5. The van der Waals surface area contributed by atoms with Gasteiger partial charge in [0.05, 0.1) is 19.8 Å². The first-order valence-electron chi connectivity index (χ1n) is 26.0. The summed E-state index contributed by atoms with van der Waals surface area (Å²) in [5.41, 5.74) is 5.39. The lowest BCUT2D eigenvalue weighted by Crippen LogP contribution is -2.28. The molecule has 0 amide bonds. The Morgan fingerprint density at radius 2 is 0.746 bits per heavy atom. The quantitative estimate of drug-likeness (QED) is 0.0353. The van der Waals surface area contributed by atoms with Crippen LogP contribution in [-0.4, -0.2) is 49.9 Å². The Labute approximate surface area is 367 Å². The molecule has 0 rings (SSSR count). The van der Waals surface area contributed by atoms with Gasteiger partial charge in [0, 0.05) is 19.6 Å². The molecule has 0 bridgehead atoms. The van der Waals surface area contributed by atoms with Crippen LogP contribution in [0.4, 0.5) is 0 Å². The molecule has 0 aliphatic rings. The minimum absolute atomic E-state index is 0.0897. The standard InChI is InChI=1S/C50H102NO7P/c1-3-5-7-9-11-13-15-17-19-21-23-24-25-26-27-29-31-33-35-37-39-41-43-50(52)58-49(48-57-59(53,54)56-46-44-51)47-55-45-42-40-38-36-34-32-30-28-22-20-18-16-14-12-10-8-6-4-2/h49H,3-48,51H2,1-2H3,(H,53,54)/t49-/m1/s1. The molecule has 0 aliphatic carbocycles. The summed E-state index contributed by atoms with van der Waals surface area (Å²) in [5, 5.41) is 0. The molecule has 354 valence electrons. The molecule has 3 N–H and O–H groups in total. The van der Waals surface area contributed by atoms with E-state index in [9.17, 15) is 14.3 Å². The number of nitrogens with two attached hydrogens (primary N) is 1. The molecule has 0 saturated carbocycles. The number of hydrogen-bond acceptors (Lipinski definition) is 7. The summed E-state index contributed by atoms with van der Waals surface area (Å²) in [6.45, 7) is 5.01. The van der Waals surface area contributed by atoms with Crippen LogP contribution in [0.25, 0.3) is 0 Å². The molecule has 9 heteroatoms. The van der Waals surface area contributed by atoms with Crippen LogP contribution in [0.3, 0.4) is 0 Å². The van der Waals surface area contributed by atoms with Crippen LogP contribution in [-0.2, 0) is 27.9 Å². The van der Waals surface area contributed by atoms with Crippen molar-refractivity contribution in [2.75, 3.05) is 33.0 Å². The fourth-order valence-corrected chi connectivity index (χ4v) is 8.71. The second-order valence-electron chi connectivity index (χ2n) is 17.8. The monoisotopic (exact) mass is 860 g/mol. The Kier molecular flexibility index (Phi) is 48.1. The van der Waals surface area contributed by atoms with Crippen molar-refractivity contribution < 1.29 is 32.8 Å². The molecule has 59 heavy (non-hydrogen) atoms. The molecule has 0 radical (unpaired) electrons. The lowest BCUT2D eigenvalue weighted by Gasteiger charge is -2.20. The number of unbranched alkanes of at least 4 members (excludes halogenated alkanes) is 38. The highest BCUT2D eigenvalue weighted by molar-refractivity contribution is 7.47. The summed E-state index contributed by atoms with van der Waals surface area (Å²) in [4.78, 5) is 22.6. The van der Waals surface area contributed by atoms with E-state index in [1.807, 2.05) is 0 Å². The minimum Gasteiger partial charge on any atom is -0.457 e. The SMILES string of the molecule is CCCCCCCCCCCCCCCCCCCCCCCCC(=O)O[C@H](COCCCCCCCCCCCCCCCCCCCC)COP(=O)(O)OCCN. The Bertz CT molecular complexity index is 878. The van der Waals surface area contributed by atoms with Gasteiger partial charge in [0.2, 0.25) is 0 Å². The van der Waals surface area contributed by atoms with Crippen molar-refractivity contribution in [3.05, 3.63) is 0 Å². The van der Waals surface area contributed by atoms with E-state index >= 15 is 0 Å². The van der Waals surface area contributed by atoms with Gasteiger partial charge >= 0.3 is 13.8 Å². The molecule has 0 spiro atoms. The molecule has 0 aliphatic heterocycles. The third-order valence-corrected chi connectivity index (χ3v) is 12.8. The van der Waals surface area contributed by atoms with Crippen LogP contribution in [0.2, 0.25) is 0 Å². The molecule has 1 unspecified atom stereocenters. The highest BCUT2D eigenvalue weighted by Gasteiger charge is 2.25. The fourth-order valence-electron chi connectivity index (χ4n) is 7.94. The second-order valence-corrected chi connectivity index (χ2v) is 19.2.